The highest BCUT2D eigenvalue weighted by Gasteiger charge is 2.55. The summed E-state index contributed by atoms with van der Waals surface area (Å²) in [5.41, 5.74) is -0.0815. The molecule has 0 unspecified atom stereocenters. The Morgan fingerprint density at radius 1 is 1.17 bits per heavy atom. The van der Waals surface area contributed by atoms with E-state index in [9.17, 15) is 23.1 Å². The quantitative estimate of drug-likeness (QED) is 0.563. The van der Waals surface area contributed by atoms with E-state index >= 15 is 0 Å². The lowest BCUT2D eigenvalue weighted by atomic mass is 9.54. The van der Waals surface area contributed by atoms with Gasteiger partial charge in [0.25, 0.3) is 0 Å². The molecular formula is C23H30F3NO2. The van der Waals surface area contributed by atoms with Crippen molar-refractivity contribution >= 4 is 5.91 Å². The number of benzene rings is 1. The number of nitrogens with one attached hydrogen (secondary N) is 1. The third-order valence-electron chi connectivity index (χ3n) is 6.06. The largest absolute Gasteiger partial charge is 0.471 e. The van der Waals surface area contributed by atoms with Crippen LogP contribution in [0.15, 0.2) is 24.3 Å². The highest BCUT2D eigenvalue weighted by atomic mass is 19.4. The minimum Gasteiger partial charge on any atom is -0.376 e. The topological polar surface area (TPSA) is 49.3 Å². The van der Waals surface area contributed by atoms with E-state index in [1.165, 1.54) is 0 Å². The molecule has 1 aliphatic rings. The molecule has 1 aromatic rings. The average Bonchev–Trinajstić information content (AvgIpc) is 2.61. The standard InChI is InChI=1S/C23H30F3NO2/c1-20(2)12-7-13-21(3,4)22(20,29)14-11-18-9-5-8-17(16-18)10-6-15-27-19(28)23(24,25)26/h5,8-9,16,29H,6-7,10,12-13,15H2,1-4H3,(H,27,28). The van der Waals surface area contributed by atoms with Gasteiger partial charge in [-0.3, -0.25) is 4.79 Å². The van der Waals surface area contributed by atoms with Gasteiger partial charge in [0.05, 0.1) is 0 Å². The first-order valence-electron chi connectivity index (χ1n) is 9.98. The van der Waals surface area contributed by atoms with Crippen molar-refractivity contribution < 1.29 is 23.1 Å². The first-order valence-corrected chi connectivity index (χ1v) is 9.98. The molecule has 6 heteroatoms. The SMILES string of the molecule is CC1(C)CCCC(C)(C)C1(O)C#Cc1cccc(CCCNC(=O)C(F)(F)F)c1. The van der Waals surface area contributed by atoms with E-state index < -0.39 is 17.7 Å². The van der Waals surface area contributed by atoms with Gasteiger partial charge in [-0.2, -0.15) is 13.2 Å². The zero-order chi connectivity index (χ0) is 21.9. The third-order valence-corrected chi connectivity index (χ3v) is 6.06. The summed E-state index contributed by atoms with van der Waals surface area (Å²) in [5.74, 6) is 4.35. The molecule has 0 radical (unpaired) electrons. The van der Waals surface area contributed by atoms with Gasteiger partial charge in [-0.05, 0) is 43.4 Å². The highest BCUT2D eigenvalue weighted by molar-refractivity contribution is 5.81. The Hall–Kier alpha value is -2.00. The Kier molecular flexibility index (Phi) is 6.74. The predicted octanol–water partition coefficient (Wildman–Crippen LogP) is 4.62. The molecule has 1 fully saturated rings. The molecule has 0 aromatic heterocycles. The maximum atomic E-state index is 12.2. The maximum Gasteiger partial charge on any atom is 0.471 e. The second-order valence-electron chi connectivity index (χ2n) is 9.14. The third kappa shape index (κ3) is 5.33. The number of aryl methyl sites for hydroxylation is 1. The van der Waals surface area contributed by atoms with Crippen LogP contribution in [0.1, 0.15) is 64.5 Å². The molecule has 2 rings (SSSR count). The predicted molar refractivity (Wildman–Crippen MR) is 107 cm³/mol. The van der Waals surface area contributed by atoms with Crippen LogP contribution < -0.4 is 5.32 Å². The van der Waals surface area contributed by atoms with Crippen LogP contribution in [0.3, 0.4) is 0 Å². The molecule has 0 saturated heterocycles. The number of aliphatic hydroxyl groups is 1. The Balaban J connectivity index is 2.06. The van der Waals surface area contributed by atoms with Crippen molar-refractivity contribution in [3.05, 3.63) is 35.4 Å². The van der Waals surface area contributed by atoms with E-state index in [1.54, 1.807) is 0 Å². The maximum absolute atomic E-state index is 12.2. The van der Waals surface area contributed by atoms with E-state index in [0.717, 1.165) is 30.4 Å². The van der Waals surface area contributed by atoms with Gasteiger partial charge in [0.2, 0.25) is 0 Å². The fourth-order valence-corrected chi connectivity index (χ4v) is 4.15. The summed E-state index contributed by atoms with van der Waals surface area (Å²) < 4.78 is 36.5. The summed E-state index contributed by atoms with van der Waals surface area (Å²) in [6.07, 6.45) is -1.06. The van der Waals surface area contributed by atoms with E-state index in [0.29, 0.717) is 12.8 Å². The number of hydrogen-bond donors (Lipinski definition) is 2. The molecule has 160 valence electrons. The Morgan fingerprint density at radius 3 is 2.38 bits per heavy atom. The summed E-state index contributed by atoms with van der Waals surface area (Å²) in [6, 6.07) is 7.45. The molecule has 1 saturated carbocycles. The number of carbonyl (C=O) groups excluding carboxylic acids is 1. The van der Waals surface area contributed by atoms with Crippen LogP contribution in [0.2, 0.25) is 0 Å². The summed E-state index contributed by atoms with van der Waals surface area (Å²) in [4.78, 5) is 10.8. The molecule has 1 aromatic carbocycles. The number of halogens is 3. The molecule has 0 atom stereocenters. The van der Waals surface area contributed by atoms with Crippen LogP contribution in [0, 0.1) is 22.7 Å². The second kappa shape index (κ2) is 8.39. The van der Waals surface area contributed by atoms with Crippen molar-refractivity contribution in [1.82, 2.24) is 5.32 Å². The number of rotatable bonds is 4. The smallest absolute Gasteiger partial charge is 0.376 e. The molecule has 29 heavy (non-hydrogen) atoms. The molecule has 0 aliphatic heterocycles. The van der Waals surface area contributed by atoms with E-state index in [4.69, 9.17) is 0 Å². The normalized spacial score (nSPS) is 19.7. The van der Waals surface area contributed by atoms with E-state index in [-0.39, 0.29) is 17.4 Å². The van der Waals surface area contributed by atoms with Gasteiger partial charge < -0.3 is 10.4 Å². The lowest BCUT2D eigenvalue weighted by Crippen LogP contribution is -2.57. The average molecular weight is 409 g/mol. The van der Waals surface area contributed by atoms with E-state index in [2.05, 4.69) is 11.8 Å². The van der Waals surface area contributed by atoms with Crippen LogP contribution >= 0.6 is 0 Å². The van der Waals surface area contributed by atoms with Crippen molar-refractivity contribution in [2.75, 3.05) is 6.54 Å². The van der Waals surface area contributed by atoms with Crippen LogP contribution in [-0.2, 0) is 11.2 Å². The Morgan fingerprint density at radius 2 is 1.79 bits per heavy atom. The summed E-state index contributed by atoms with van der Waals surface area (Å²) >= 11 is 0. The van der Waals surface area contributed by atoms with Crippen molar-refractivity contribution in [3.63, 3.8) is 0 Å². The molecule has 3 nitrogen and oxygen atoms in total. The van der Waals surface area contributed by atoms with Crippen molar-refractivity contribution in [2.45, 2.75) is 71.6 Å². The van der Waals surface area contributed by atoms with Crippen LogP contribution in [-0.4, -0.2) is 29.3 Å². The Labute approximate surface area is 171 Å². The monoisotopic (exact) mass is 409 g/mol. The summed E-state index contributed by atoms with van der Waals surface area (Å²) in [5, 5.41) is 13.3. The van der Waals surface area contributed by atoms with Crippen molar-refractivity contribution in [2.24, 2.45) is 10.8 Å². The second-order valence-corrected chi connectivity index (χ2v) is 9.14. The van der Waals surface area contributed by atoms with Crippen molar-refractivity contribution in [3.8, 4) is 11.8 Å². The lowest BCUT2D eigenvalue weighted by Gasteiger charge is -2.53. The minimum atomic E-state index is -4.85. The molecular weight excluding hydrogens is 379 g/mol. The van der Waals surface area contributed by atoms with Crippen LogP contribution in [0.4, 0.5) is 13.2 Å². The van der Waals surface area contributed by atoms with Gasteiger partial charge in [0, 0.05) is 22.9 Å². The lowest BCUT2D eigenvalue weighted by molar-refractivity contribution is -0.173. The zero-order valence-corrected chi connectivity index (χ0v) is 17.5. The van der Waals surface area contributed by atoms with Gasteiger partial charge in [-0.25, -0.2) is 0 Å². The number of hydrogen-bond acceptors (Lipinski definition) is 2. The highest BCUT2D eigenvalue weighted by Crippen LogP contribution is 2.53. The van der Waals surface area contributed by atoms with Gasteiger partial charge in [0.15, 0.2) is 0 Å². The van der Waals surface area contributed by atoms with E-state index in [1.807, 2.05) is 57.3 Å². The number of carbonyl (C=O) groups is 1. The number of alkyl halides is 3. The van der Waals surface area contributed by atoms with Crippen LogP contribution in [0.25, 0.3) is 0 Å². The van der Waals surface area contributed by atoms with Crippen molar-refractivity contribution in [1.29, 1.82) is 0 Å². The summed E-state index contributed by atoms with van der Waals surface area (Å²) in [6.45, 7) is 8.15. The molecule has 0 bridgehead atoms. The fourth-order valence-electron chi connectivity index (χ4n) is 4.15. The van der Waals surface area contributed by atoms with Crippen LogP contribution in [0.5, 0.6) is 0 Å². The molecule has 0 heterocycles. The van der Waals surface area contributed by atoms with Gasteiger partial charge in [-0.15, -0.1) is 0 Å². The molecule has 2 N–H and O–H groups in total. The fraction of sp³-hybridized carbons (Fsp3) is 0.609. The first kappa shape index (κ1) is 23.3. The zero-order valence-electron chi connectivity index (χ0n) is 17.5. The Bertz CT molecular complexity index is 784. The first-order chi connectivity index (χ1) is 13.3. The molecule has 1 amide bonds. The summed E-state index contributed by atoms with van der Waals surface area (Å²) in [7, 11) is 0. The van der Waals surface area contributed by atoms with Gasteiger partial charge in [0.1, 0.15) is 5.60 Å². The van der Waals surface area contributed by atoms with Gasteiger partial charge >= 0.3 is 12.1 Å². The molecule has 0 spiro atoms. The molecule has 1 aliphatic carbocycles. The van der Waals surface area contributed by atoms with Gasteiger partial charge in [-0.1, -0.05) is 58.1 Å². The number of amides is 1. The minimum absolute atomic E-state index is 0.0453.